The number of piperidine rings is 1. The number of carbonyl (C=O) groups excluding carboxylic acids is 2. The van der Waals surface area contributed by atoms with Crippen molar-refractivity contribution in [3.63, 3.8) is 0 Å². The number of aromatic nitrogens is 1. The molecule has 2 amide bonds. The summed E-state index contributed by atoms with van der Waals surface area (Å²) in [5, 5.41) is 3.04. The van der Waals surface area contributed by atoms with Crippen LogP contribution in [0.15, 0.2) is 18.3 Å². The van der Waals surface area contributed by atoms with Crippen molar-refractivity contribution >= 4 is 17.5 Å². The molecule has 6 heteroatoms. The Morgan fingerprint density at radius 2 is 2.14 bits per heavy atom. The molecule has 1 fully saturated rings. The lowest BCUT2D eigenvalue weighted by Crippen LogP contribution is -2.48. The van der Waals surface area contributed by atoms with Gasteiger partial charge in [-0.15, -0.1) is 0 Å². The summed E-state index contributed by atoms with van der Waals surface area (Å²) in [6, 6.07) is 3.53. The van der Waals surface area contributed by atoms with E-state index in [0.29, 0.717) is 6.54 Å². The number of nitrogens with two attached hydrogens (primary N) is 1. The molecule has 1 aliphatic heterocycles. The van der Waals surface area contributed by atoms with Crippen LogP contribution in [0.3, 0.4) is 0 Å². The van der Waals surface area contributed by atoms with Gasteiger partial charge in [-0.2, -0.15) is 0 Å². The minimum Gasteiger partial charge on any atom is -0.371 e. The molecule has 0 radical (unpaired) electrons. The lowest BCUT2D eigenvalue weighted by Gasteiger charge is -2.35. The number of hydrogen-bond acceptors (Lipinski definition) is 4. The van der Waals surface area contributed by atoms with Crippen LogP contribution < -0.4 is 16.0 Å². The molecule has 22 heavy (non-hydrogen) atoms. The van der Waals surface area contributed by atoms with Crippen molar-refractivity contribution in [2.75, 3.05) is 18.0 Å². The van der Waals surface area contributed by atoms with E-state index in [0.717, 1.165) is 25.1 Å². The average molecular weight is 304 g/mol. The van der Waals surface area contributed by atoms with Crippen molar-refractivity contribution in [1.29, 1.82) is 0 Å². The summed E-state index contributed by atoms with van der Waals surface area (Å²) in [5.74, 6) is -0.500. The van der Waals surface area contributed by atoms with Crippen LogP contribution in [0, 0.1) is 5.92 Å². The van der Waals surface area contributed by atoms with Gasteiger partial charge in [0.1, 0.15) is 5.69 Å². The molecule has 2 heterocycles. The molecule has 1 aromatic heterocycles. The zero-order valence-corrected chi connectivity index (χ0v) is 13.4. The molecule has 0 aliphatic carbocycles. The van der Waals surface area contributed by atoms with Crippen LogP contribution in [0.1, 0.15) is 44.1 Å². The highest BCUT2D eigenvalue weighted by molar-refractivity contribution is 5.91. The van der Waals surface area contributed by atoms with Crippen molar-refractivity contribution in [2.24, 2.45) is 11.7 Å². The number of primary amides is 1. The van der Waals surface area contributed by atoms with E-state index in [1.54, 1.807) is 12.3 Å². The number of amides is 2. The summed E-state index contributed by atoms with van der Waals surface area (Å²) < 4.78 is 0. The third-order valence-corrected chi connectivity index (χ3v) is 3.65. The van der Waals surface area contributed by atoms with Crippen molar-refractivity contribution in [3.05, 3.63) is 24.0 Å². The van der Waals surface area contributed by atoms with Crippen molar-refractivity contribution in [1.82, 2.24) is 10.3 Å². The second kappa shape index (κ2) is 6.34. The first kappa shape index (κ1) is 16.3. The molecule has 0 aromatic carbocycles. The molecule has 6 nitrogen and oxygen atoms in total. The molecule has 1 aliphatic rings. The molecule has 1 aromatic rings. The first-order chi connectivity index (χ1) is 10.3. The molecule has 0 spiro atoms. The van der Waals surface area contributed by atoms with Gasteiger partial charge in [0.05, 0.1) is 5.92 Å². The second-order valence-electron chi connectivity index (χ2n) is 6.79. The van der Waals surface area contributed by atoms with E-state index in [4.69, 9.17) is 5.73 Å². The Labute approximate surface area is 131 Å². The molecule has 1 atom stereocenters. The Bertz CT molecular complexity index is 566. The van der Waals surface area contributed by atoms with E-state index in [9.17, 15) is 9.59 Å². The fourth-order valence-electron chi connectivity index (χ4n) is 2.65. The number of rotatable bonds is 3. The lowest BCUT2D eigenvalue weighted by atomic mass is 9.95. The standard InChI is InChI=1S/C16H24N4O2/c1-16(2,3)19-15(22)11-5-4-8-20(10-11)12-6-7-18-13(9-12)14(17)21/h6-7,9,11H,4-5,8,10H2,1-3H3,(H2,17,21)(H,19,22). The van der Waals surface area contributed by atoms with Crippen LogP contribution in [0.4, 0.5) is 5.69 Å². The quantitative estimate of drug-likeness (QED) is 0.881. The summed E-state index contributed by atoms with van der Waals surface area (Å²) in [5.41, 5.74) is 6.18. The Kier molecular flexibility index (Phi) is 4.68. The van der Waals surface area contributed by atoms with Crippen LogP contribution in [-0.4, -0.2) is 35.4 Å². The molecular weight excluding hydrogens is 280 g/mol. The SMILES string of the molecule is CC(C)(C)NC(=O)C1CCCN(c2ccnc(C(N)=O)c2)C1. The van der Waals surface area contributed by atoms with E-state index in [2.05, 4.69) is 15.2 Å². The van der Waals surface area contributed by atoms with E-state index >= 15 is 0 Å². The van der Waals surface area contributed by atoms with Crippen LogP contribution in [0.2, 0.25) is 0 Å². The summed E-state index contributed by atoms with van der Waals surface area (Å²) in [4.78, 5) is 29.7. The van der Waals surface area contributed by atoms with Gasteiger partial charge in [-0.1, -0.05) is 0 Å². The van der Waals surface area contributed by atoms with Crippen molar-refractivity contribution in [3.8, 4) is 0 Å². The fourth-order valence-corrected chi connectivity index (χ4v) is 2.65. The Hall–Kier alpha value is -2.11. The van der Waals surface area contributed by atoms with Crippen LogP contribution >= 0.6 is 0 Å². The fraction of sp³-hybridized carbons (Fsp3) is 0.562. The van der Waals surface area contributed by atoms with Gasteiger partial charge in [-0.25, -0.2) is 0 Å². The molecule has 1 saturated heterocycles. The van der Waals surface area contributed by atoms with Crippen molar-refractivity contribution < 1.29 is 9.59 Å². The van der Waals surface area contributed by atoms with Gasteiger partial charge in [0.25, 0.3) is 5.91 Å². The molecule has 120 valence electrons. The maximum Gasteiger partial charge on any atom is 0.267 e. The van der Waals surface area contributed by atoms with Gasteiger partial charge in [0, 0.05) is 30.5 Å². The summed E-state index contributed by atoms with van der Waals surface area (Å²) in [7, 11) is 0. The maximum atomic E-state index is 12.3. The summed E-state index contributed by atoms with van der Waals surface area (Å²) >= 11 is 0. The van der Waals surface area contributed by atoms with Gasteiger partial charge >= 0.3 is 0 Å². The van der Waals surface area contributed by atoms with Crippen LogP contribution in [-0.2, 0) is 4.79 Å². The predicted octanol–water partition coefficient (Wildman–Crippen LogP) is 1.31. The minimum atomic E-state index is -0.541. The third-order valence-electron chi connectivity index (χ3n) is 3.65. The summed E-state index contributed by atoms with van der Waals surface area (Å²) in [6.07, 6.45) is 3.40. The van der Waals surface area contributed by atoms with Crippen LogP contribution in [0.25, 0.3) is 0 Å². The number of carbonyl (C=O) groups is 2. The zero-order valence-electron chi connectivity index (χ0n) is 13.4. The van der Waals surface area contributed by atoms with E-state index < -0.39 is 5.91 Å². The highest BCUT2D eigenvalue weighted by Crippen LogP contribution is 2.24. The third kappa shape index (κ3) is 4.19. The first-order valence-corrected chi connectivity index (χ1v) is 7.59. The molecule has 2 rings (SSSR count). The molecular formula is C16H24N4O2. The van der Waals surface area contributed by atoms with Gasteiger partial charge in [0.2, 0.25) is 5.91 Å². The number of anilines is 1. The highest BCUT2D eigenvalue weighted by atomic mass is 16.2. The van der Waals surface area contributed by atoms with E-state index in [-0.39, 0.29) is 23.1 Å². The van der Waals surface area contributed by atoms with Gasteiger partial charge in [0.15, 0.2) is 0 Å². The van der Waals surface area contributed by atoms with Gasteiger partial charge in [-0.05, 0) is 45.7 Å². The summed E-state index contributed by atoms with van der Waals surface area (Å²) in [6.45, 7) is 7.44. The monoisotopic (exact) mass is 304 g/mol. The largest absolute Gasteiger partial charge is 0.371 e. The van der Waals surface area contributed by atoms with Gasteiger partial charge in [-0.3, -0.25) is 14.6 Å². The molecule has 0 bridgehead atoms. The molecule has 3 N–H and O–H groups in total. The number of pyridine rings is 1. The lowest BCUT2D eigenvalue weighted by molar-refractivity contribution is -0.126. The van der Waals surface area contributed by atoms with Crippen molar-refractivity contribution in [2.45, 2.75) is 39.2 Å². The average Bonchev–Trinajstić information content (AvgIpc) is 2.46. The Balaban J connectivity index is 2.09. The van der Waals surface area contributed by atoms with Crippen LogP contribution in [0.5, 0.6) is 0 Å². The molecule has 0 saturated carbocycles. The number of nitrogens with zero attached hydrogens (tertiary/aromatic N) is 2. The normalized spacial score (nSPS) is 18.9. The maximum absolute atomic E-state index is 12.3. The van der Waals surface area contributed by atoms with E-state index in [1.807, 2.05) is 26.8 Å². The highest BCUT2D eigenvalue weighted by Gasteiger charge is 2.28. The predicted molar refractivity (Wildman–Crippen MR) is 85.6 cm³/mol. The number of hydrogen-bond donors (Lipinski definition) is 2. The Morgan fingerprint density at radius 1 is 1.41 bits per heavy atom. The topological polar surface area (TPSA) is 88.3 Å². The zero-order chi connectivity index (χ0) is 16.3. The van der Waals surface area contributed by atoms with E-state index in [1.165, 1.54) is 0 Å². The first-order valence-electron chi connectivity index (χ1n) is 7.59. The number of nitrogens with one attached hydrogen (secondary N) is 1. The Morgan fingerprint density at radius 3 is 2.77 bits per heavy atom. The minimum absolute atomic E-state index is 0.0434. The van der Waals surface area contributed by atoms with Gasteiger partial charge < -0.3 is 16.0 Å². The molecule has 1 unspecified atom stereocenters. The smallest absolute Gasteiger partial charge is 0.267 e. The second-order valence-corrected chi connectivity index (χ2v) is 6.79.